The predicted molar refractivity (Wildman–Crippen MR) is 110 cm³/mol. The van der Waals surface area contributed by atoms with Crippen LogP contribution in [-0.2, 0) is 12.8 Å². The van der Waals surface area contributed by atoms with E-state index in [1.54, 1.807) is 13.3 Å². The van der Waals surface area contributed by atoms with Gasteiger partial charge in [-0.1, -0.05) is 37.3 Å². The SMILES string of the molecule is CCc1ccccc1Nc1cnc(C(=O)NCCc2ccc(OC)cc2)cn1. The van der Waals surface area contributed by atoms with Crippen molar-refractivity contribution in [1.82, 2.24) is 15.3 Å². The Morgan fingerprint density at radius 2 is 1.82 bits per heavy atom. The number of aromatic nitrogens is 2. The van der Waals surface area contributed by atoms with Gasteiger partial charge in [0, 0.05) is 12.2 Å². The van der Waals surface area contributed by atoms with Gasteiger partial charge in [-0.25, -0.2) is 9.97 Å². The summed E-state index contributed by atoms with van der Waals surface area (Å²) in [5, 5.41) is 6.12. The summed E-state index contributed by atoms with van der Waals surface area (Å²) in [5.41, 5.74) is 3.62. The van der Waals surface area contributed by atoms with Crippen molar-refractivity contribution in [2.45, 2.75) is 19.8 Å². The number of carbonyl (C=O) groups is 1. The van der Waals surface area contributed by atoms with Crippen molar-refractivity contribution in [2.24, 2.45) is 0 Å². The minimum absolute atomic E-state index is 0.235. The Kier molecular flexibility index (Phi) is 6.57. The maximum atomic E-state index is 12.3. The van der Waals surface area contributed by atoms with Gasteiger partial charge in [-0.2, -0.15) is 0 Å². The summed E-state index contributed by atoms with van der Waals surface area (Å²) in [4.78, 5) is 20.8. The highest BCUT2D eigenvalue weighted by atomic mass is 16.5. The van der Waals surface area contributed by atoms with Gasteiger partial charge in [0.25, 0.3) is 5.91 Å². The zero-order chi connectivity index (χ0) is 19.8. The second kappa shape index (κ2) is 9.50. The molecule has 0 atom stereocenters. The van der Waals surface area contributed by atoms with Gasteiger partial charge in [0.2, 0.25) is 0 Å². The zero-order valence-corrected chi connectivity index (χ0v) is 16.1. The molecule has 0 radical (unpaired) electrons. The van der Waals surface area contributed by atoms with Crippen molar-refractivity contribution in [3.05, 3.63) is 77.7 Å². The van der Waals surface area contributed by atoms with E-state index in [4.69, 9.17) is 4.74 Å². The first-order valence-electron chi connectivity index (χ1n) is 9.27. The molecule has 3 rings (SSSR count). The number of carbonyl (C=O) groups excluding carboxylic acids is 1. The van der Waals surface area contributed by atoms with Crippen LogP contribution in [0.1, 0.15) is 28.5 Å². The molecule has 0 saturated carbocycles. The van der Waals surface area contributed by atoms with Gasteiger partial charge in [0.15, 0.2) is 0 Å². The first-order chi connectivity index (χ1) is 13.7. The number of benzene rings is 2. The van der Waals surface area contributed by atoms with E-state index in [0.29, 0.717) is 18.1 Å². The Hall–Kier alpha value is -3.41. The second-order valence-corrected chi connectivity index (χ2v) is 6.28. The molecule has 6 nitrogen and oxygen atoms in total. The number of methoxy groups -OCH3 is 1. The van der Waals surface area contributed by atoms with Crippen molar-refractivity contribution in [3.63, 3.8) is 0 Å². The maximum Gasteiger partial charge on any atom is 0.271 e. The Labute approximate surface area is 165 Å². The van der Waals surface area contributed by atoms with Crippen molar-refractivity contribution >= 4 is 17.4 Å². The molecular formula is C22H24N4O2. The van der Waals surface area contributed by atoms with E-state index >= 15 is 0 Å². The summed E-state index contributed by atoms with van der Waals surface area (Å²) in [6, 6.07) is 15.8. The van der Waals surface area contributed by atoms with E-state index < -0.39 is 0 Å². The lowest BCUT2D eigenvalue weighted by atomic mass is 10.1. The topological polar surface area (TPSA) is 76.1 Å². The summed E-state index contributed by atoms with van der Waals surface area (Å²) in [7, 11) is 1.64. The molecular weight excluding hydrogens is 352 g/mol. The first-order valence-corrected chi connectivity index (χ1v) is 9.27. The molecule has 0 aliphatic rings. The van der Waals surface area contributed by atoms with Crippen molar-refractivity contribution in [1.29, 1.82) is 0 Å². The highest BCUT2D eigenvalue weighted by Crippen LogP contribution is 2.19. The summed E-state index contributed by atoms with van der Waals surface area (Å²) >= 11 is 0. The van der Waals surface area contributed by atoms with E-state index in [2.05, 4.69) is 33.6 Å². The minimum Gasteiger partial charge on any atom is -0.497 e. The van der Waals surface area contributed by atoms with Crippen LogP contribution >= 0.6 is 0 Å². The standard InChI is InChI=1S/C22H24N4O2/c1-3-17-6-4-5-7-19(17)26-21-15-24-20(14-25-21)22(27)23-13-12-16-8-10-18(28-2)11-9-16/h4-11,14-15H,3,12-13H2,1-2H3,(H,23,27)(H,25,26). The fourth-order valence-electron chi connectivity index (χ4n) is 2.80. The van der Waals surface area contributed by atoms with Crippen LogP contribution in [-0.4, -0.2) is 29.5 Å². The normalized spacial score (nSPS) is 10.4. The summed E-state index contributed by atoms with van der Waals surface area (Å²) in [6.07, 6.45) is 4.71. The molecule has 0 aliphatic heterocycles. The van der Waals surface area contributed by atoms with Crippen LogP contribution in [0.4, 0.5) is 11.5 Å². The molecule has 1 heterocycles. The average Bonchev–Trinajstić information content (AvgIpc) is 2.75. The lowest BCUT2D eigenvalue weighted by Gasteiger charge is -2.10. The number of ether oxygens (including phenoxy) is 1. The van der Waals surface area contributed by atoms with E-state index in [0.717, 1.165) is 29.8 Å². The predicted octanol–water partition coefficient (Wildman–Crippen LogP) is 3.76. The Morgan fingerprint density at radius 3 is 2.50 bits per heavy atom. The number of amides is 1. The van der Waals surface area contributed by atoms with Crippen LogP contribution in [0.15, 0.2) is 60.9 Å². The van der Waals surface area contributed by atoms with Gasteiger partial charge >= 0.3 is 0 Å². The number of anilines is 2. The van der Waals surface area contributed by atoms with Crippen LogP contribution in [0.3, 0.4) is 0 Å². The monoisotopic (exact) mass is 376 g/mol. The molecule has 0 aliphatic carbocycles. The van der Waals surface area contributed by atoms with Crippen LogP contribution in [0.25, 0.3) is 0 Å². The Balaban J connectivity index is 1.53. The zero-order valence-electron chi connectivity index (χ0n) is 16.1. The lowest BCUT2D eigenvalue weighted by molar-refractivity contribution is 0.0949. The molecule has 144 valence electrons. The minimum atomic E-state index is -0.235. The van der Waals surface area contributed by atoms with Crippen molar-refractivity contribution in [2.75, 3.05) is 19.0 Å². The van der Waals surface area contributed by atoms with Crippen LogP contribution in [0.2, 0.25) is 0 Å². The molecule has 3 aromatic rings. The second-order valence-electron chi connectivity index (χ2n) is 6.28. The molecule has 1 aromatic heterocycles. The molecule has 0 saturated heterocycles. The van der Waals surface area contributed by atoms with Gasteiger partial charge in [-0.3, -0.25) is 4.79 Å². The fraction of sp³-hybridized carbons (Fsp3) is 0.227. The number of nitrogens with zero attached hydrogens (tertiary/aromatic N) is 2. The third-order valence-corrected chi connectivity index (χ3v) is 4.40. The third kappa shape index (κ3) is 5.07. The molecule has 0 fully saturated rings. The van der Waals surface area contributed by atoms with Gasteiger partial charge < -0.3 is 15.4 Å². The van der Waals surface area contributed by atoms with Crippen LogP contribution in [0, 0.1) is 0 Å². The van der Waals surface area contributed by atoms with Gasteiger partial charge in [-0.15, -0.1) is 0 Å². The number of para-hydroxylation sites is 1. The summed E-state index contributed by atoms with van der Waals surface area (Å²) < 4.78 is 5.14. The summed E-state index contributed by atoms with van der Waals surface area (Å²) in [6.45, 7) is 2.63. The van der Waals surface area contributed by atoms with Gasteiger partial charge in [0.05, 0.1) is 19.5 Å². The molecule has 2 N–H and O–H groups in total. The average molecular weight is 376 g/mol. The molecule has 1 amide bonds. The molecule has 2 aromatic carbocycles. The van der Waals surface area contributed by atoms with Gasteiger partial charge in [0.1, 0.15) is 17.3 Å². The largest absolute Gasteiger partial charge is 0.497 e. The van der Waals surface area contributed by atoms with Gasteiger partial charge in [-0.05, 0) is 42.2 Å². The van der Waals surface area contributed by atoms with E-state index in [1.807, 2.05) is 42.5 Å². The molecule has 0 spiro atoms. The van der Waals surface area contributed by atoms with Crippen LogP contribution in [0.5, 0.6) is 5.75 Å². The van der Waals surface area contributed by atoms with Crippen LogP contribution < -0.4 is 15.4 Å². The summed E-state index contributed by atoms with van der Waals surface area (Å²) in [5.74, 6) is 1.19. The molecule has 28 heavy (non-hydrogen) atoms. The first kappa shape index (κ1) is 19.4. The molecule has 0 unspecified atom stereocenters. The number of rotatable bonds is 8. The van der Waals surface area contributed by atoms with Crippen molar-refractivity contribution < 1.29 is 9.53 Å². The van der Waals surface area contributed by atoms with E-state index in [-0.39, 0.29) is 5.91 Å². The van der Waals surface area contributed by atoms with E-state index in [1.165, 1.54) is 11.8 Å². The fourth-order valence-corrected chi connectivity index (χ4v) is 2.80. The highest BCUT2D eigenvalue weighted by Gasteiger charge is 2.08. The Bertz CT molecular complexity index is 909. The number of aryl methyl sites for hydroxylation is 1. The third-order valence-electron chi connectivity index (χ3n) is 4.40. The lowest BCUT2D eigenvalue weighted by Crippen LogP contribution is -2.26. The Morgan fingerprint density at radius 1 is 1.04 bits per heavy atom. The molecule has 6 heteroatoms. The molecule has 0 bridgehead atoms. The number of nitrogens with one attached hydrogen (secondary N) is 2. The van der Waals surface area contributed by atoms with Crippen molar-refractivity contribution in [3.8, 4) is 5.75 Å². The van der Waals surface area contributed by atoms with E-state index in [9.17, 15) is 4.79 Å². The highest BCUT2D eigenvalue weighted by molar-refractivity contribution is 5.92. The number of hydrogen-bond acceptors (Lipinski definition) is 5. The number of hydrogen-bond donors (Lipinski definition) is 2. The quantitative estimate of drug-likeness (QED) is 0.626. The smallest absolute Gasteiger partial charge is 0.271 e. The maximum absolute atomic E-state index is 12.3.